The van der Waals surface area contributed by atoms with Crippen LogP contribution in [0, 0.1) is 11.7 Å². The largest absolute Gasteiger partial charge is 0.393 e. The molecule has 2 atom stereocenters. The topological polar surface area (TPSA) is 20.2 Å². The van der Waals surface area contributed by atoms with Crippen molar-refractivity contribution >= 4 is 11.6 Å². The number of rotatable bonds is 4. The van der Waals surface area contributed by atoms with E-state index in [4.69, 9.17) is 11.6 Å². The second kappa shape index (κ2) is 5.47. The monoisotopic (exact) mass is 230 g/mol. The maximum atomic E-state index is 13.4. The maximum Gasteiger partial charge on any atom is 0.127 e. The summed E-state index contributed by atoms with van der Waals surface area (Å²) in [5, 5.41) is 9.62. The van der Waals surface area contributed by atoms with Gasteiger partial charge in [0, 0.05) is 5.02 Å². The van der Waals surface area contributed by atoms with Gasteiger partial charge in [-0.2, -0.15) is 0 Å². The van der Waals surface area contributed by atoms with Crippen LogP contribution >= 0.6 is 11.6 Å². The van der Waals surface area contributed by atoms with Crippen molar-refractivity contribution in [2.75, 3.05) is 0 Å². The molecule has 0 aliphatic rings. The number of hydrogen-bond donors (Lipinski definition) is 1. The van der Waals surface area contributed by atoms with E-state index in [2.05, 4.69) is 0 Å². The first kappa shape index (κ1) is 12.5. The highest BCUT2D eigenvalue weighted by Gasteiger charge is 2.10. The lowest BCUT2D eigenvalue weighted by Crippen LogP contribution is -2.10. The summed E-state index contributed by atoms with van der Waals surface area (Å²) in [7, 11) is 0. The molecule has 84 valence electrons. The number of aliphatic hydroxyl groups excluding tert-OH is 1. The van der Waals surface area contributed by atoms with Crippen molar-refractivity contribution in [2.24, 2.45) is 5.92 Å². The molecule has 0 spiro atoms. The Morgan fingerprint density at radius 3 is 2.60 bits per heavy atom. The summed E-state index contributed by atoms with van der Waals surface area (Å²) >= 11 is 5.66. The van der Waals surface area contributed by atoms with Gasteiger partial charge in [0.2, 0.25) is 0 Å². The number of hydrogen-bond acceptors (Lipinski definition) is 1. The molecular weight excluding hydrogens is 215 g/mol. The van der Waals surface area contributed by atoms with E-state index in [9.17, 15) is 9.50 Å². The predicted molar refractivity (Wildman–Crippen MR) is 60.6 cm³/mol. The van der Waals surface area contributed by atoms with Crippen LogP contribution in [0.4, 0.5) is 4.39 Å². The lowest BCUT2D eigenvalue weighted by molar-refractivity contribution is 0.164. The summed E-state index contributed by atoms with van der Waals surface area (Å²) in [6.07, 6.45) is 0.978. The Hall–Kier alpha value is -0.600. The molecule has 0 aromatic heterocycles. The molecule has 0 aliphatic carbocycles. The zero-order valence-corrected chi connectivity index (χ0v) is 9.76. The van der Waals surface area contributed by atoms with Crippen LogP contribution in [0.2, 0.25) is 5.02 Å². The first-order valence-corrected chi connectivity index (χ1v) is 5.49. The highest BCUT2D eigenvalue weighted by atomic mass is 35.5. The zero-order valence-electron chi connectivity index (χ0n) is 9.00. The summed E-state index contributed by atoms with van der Waals surface area (Å²) in [6, 6.07) is 4.72. The van der Waals surface area contributed by atoms with E-state index in [1.165, 1.54) is 6.07 Å². The highest BCUT2D eigenvalue weighted by molar-refractivity contribution is 6.30. The van der Waals surface area contributed by atoms with E-state index < -0.39 is 0 Å². The van der Waals surface area contributed by atoms with E-state index in [1.54, 1.807) is 19.1 Å². The third-order valence-corrected chi connectivity index (χ3v) is 2.56. The van der Waals surface area contributed by atoms with Gasteiger partial charge in [-0.15, -0.1) is 0 Å². The minimum absolute atomic E-state index is 0.264. The van der Waals surface area contributed by atoms with Crippen molar-refractivity contribution in [1.82, 2.24) is 0 Å². The molecule has 1 aromatic carbocycles. The van der Waals surface area contributed by atoms with Gasteiger partial charge in [0.25, 0.3) is 0 Å². The van der Waals surface area contributed by atoms with E-state index in [0.717, 1.165) is 0 Å². The number of halogens is 2. The van der Waals surface area contributed by atoms with Crippen LogP contribution < -0.4 is 0 Å². The maximum absolute atomic E-state index is 13.4. The molecule has 15 heavy (non-hydrogen) atoms. The van der Waals surface area contributed by atoms with Crippen LogP contribution in [-0.2, 0) is 6.42 Å². The van der Waals surface area contributed by atoms with E-state index >= 15 is 0 Å². The quantitative estimate of drug-likeness (QED) is 0.840. The molecule has 3 heteroatoms. The van der Waals surface area contributed by atoms with Gasteiger partial charge >= 0.3 is 0 Å². The molecular formula is C12H16ClFO. The summed E-state index contributed by atoms with van der Waals surface area (Å²) in [6.45, 7) is 3.75. The van der Waals surface area contributed by atoms with Crippen molar-refractivity contribution < 1.29 is 9.50 Å². The van der Waals surface area contributed by atoms with E-state index in [0.29, 0.717) is 23.4 Å². The predicted octanol–water partition coefficient (Wildman–Crippen LogP) is 3.43. The summed E-state index contributed by atoms with van der Waals surface area (Å²) < 4.78 is 13.4. The first-order chi connectivity index (χ1) is 6.99. The summed E-state index contributed by atoms with van der Waals surface area (Å²) in [5.74, 6) is 0.000573. The minimum atomic E-state index is -0.338. The Bertz CT molecular complexity index is 325. The molecule has 1 rings (SSSR count). The fourth-order valence-electron chi connectivity index (χ4n) is 1.73. The molecule has 0 radical (unpaired) electrons. The van der Waals surface area contributed by atoms with Crippen LogP contribution in [0.25, 0.3) is 0 Å². The molecule has 0 amide bonds. The molecule has 0 heterocycles. The Kier molecular flexibility index (Phi) is 4.55. The number of aliphatic hydroxyl groups is 1. The van der Waals surface area contributed by atoms with Crippen molar-refractivity contribution in [2.45, 2.75) is 32.8 Å². The fraction of sp³-hybridized carbons (Fsp3) is 0.500. The van der Waals surface area contributed by atoms with Gasteiger partial charge in [-0.05, 0) is 43.4 Å². The molecule has 1 N–H and O–H groups in total. The third-order valence-electron chi connectivity index (χ3n) is 2.33. The van der Waals surface area contributed by atoms with Crippen LogP contribution in [0.1, 0.15) is 25.8 Å². The Balaban J connectivity index is 2.64. The second-order valence-corrected chi connectivity index (χ2v) is 4.57. The molecule has 0 saturated carbocycles. The molecule has 1 nitrogen and oxygen atoms in total. The lowest BCUT2D eigenvalue weighted by Gasteiger charge is -2.13. The average Bonchev–Trinajstić information content (AvgIpc) is 2.08. The van der Waals surface area contributed by atoms with Gasteiger partial charge in [0.15, 0.2) is 0 Å². The van der Waals surface area contributed by atoms with Gasteiger partial charge in [0.05, 0.1) is 6.10 Å². The van der Waals surface area contributed by atoms with Gasteiger partial charge in [-0.25, -0.2) is 4.39 Å². The molecule has 0 bridgehead atoms. The molecule has 2 unspecified atom stereocenters. The Morgan fingerprint density at radius 2 is 2.07 bits per heavy atom. The molecule has 0 fully saturated rings. The lowest BCUT2D eigenvalue weighted by atomic mass is 9.96. The molecule has 0 aliphatic heterocycles. The smallest absolute Gasteiger partial charge is 0.127 e. The Morgan fingerprint density at radius 1 is 1.40 bits per heavy atom. The SMILES string of the molecule is CC(O)CC(C)Cc1ccc(Cl)cc1F. The zero-order chi connectivity index (χ0) is 11.4. The van der Waals surface area contributed by atoms with Crippen molar-refractivity contribution in [3.63, 3.8) is 0 Å². The minimum Gasteiger partial charge on any atom is -0.393 e. The van der Waals surface area contributed by atoms with Crippen LogP contribution in [0.3, 0.4) is 0 Å². The van der Waals surface area contributed by atoms with Gasteiger partial charge < -0.3 is 5.11 Å². The van der Waals surface area contributed by atoms with Gasteiger partial charge in [0.1, 0.15) is 5.82 Å². The van der Waals surface area contributed by atoms with Gasteiger partial charge in [-0.1, -0.05) is 24.6 Å². The van der Waals surface area contributed by atoms with Crippen molar-refractivity contribution in [1.29, 1.82) is 0 Å². The summed E-state index contributed by atoms with van der Waals surface area (Å²) in [5.41, 5.74) is 0.660. The Labute approximate surface area is 94.9 Å². The van der Waals surface area contributed by atoms with Crippen LogP contribution in [0.5, 0.6) is 0 Å². The second-order valence-electron chi connectivity index (χ2n) is 4.13. The number of benzene rings is 1. The van der Waals surface area contributed by atoms with E-state index in [1.807, 2.05) is 6.92 Å². The highest BCUT2D eigenvalue weighted by Crippen LogP contribution is 2.19. The normalized spacial score (nSPS) is 15.0. The standard InChI is InChI=1S/C12H16ClFO/c1-8(5-9(2)15)6-10-3-4-11(13)7-12(10)14/h3-4,7-9,15H,5-6H2,1-2H3. The molecule has 1 aromatic rings. The first-order valence-electron chi connectivity index (χ1n) is 5.11. The van der Waals surface area contributed by atoms with Crippen molar-refractivity contribution in [3.8, 4) is 0 Å². The van der Waals surface area contributed by atoms with Gasteiger partial charge in [-0.3, -0.25) is 0 Å². The fourth-order valence-corrected chi connectivity index (χ4v) is 1.89. The van der Waals surface area contributed by atoms with E-state index in [-0.39, 0.29) is 17.8 Å². The summed E-state index contributed by atoms with van der Waals surface area (Å²) in [4.78, 5) is 0. The van der Waals surface area contributed by atoms with Crippen LogP contribution in [0.15, 0.2) is 18.2 Å². The molecule has 0 saturated heterocycles. The van der Waals surface area contributed by atoms with Crippen molar-refractivity contribution in [3.05, 3.63) is 34.6 Å². The van der Waals surface area contributed by atoms with Crippen LogP contribution in [-0.4, -0.2) is 11.2 Å². The third kappa shape index (κ3) is 4.18. The average molecular weight is 231 g/mol.